The van der Waals surface area contributed by atoms with Crippen LogP contribution in [0.2, 0.25) is 5.02 Å². The quantitative estimate of drug-likeness (QED) is 0.232. The van der Waals surface area contributed by atoms with Gasteiger partial charge in [0.05, 0.1) is 18.2 Å². The van der Waals surface area contributed by atoms with Crippen molar-refractivity contribution in [1.82, 2.24) is 5.32 Å². The fraction of sp³-hybridized carbons (Fsp3) is 0.300. The van der Waals surface area contributed by atoms with Gasteiger partial charge < -0.3 is 20.6 Å². The third-order valence-corrected chi connectivity index (χ3v) is 4.93. The second kappa shape index (κ2) is 9.16. The van der Waals surface area contributed by atoms with Crippen LogP contribution in [-0.4, -0.2) is 30.9 Å². The molecule has 6 N–H and O–H groups in total. The highest BCUT2D eigenvalue weighted by atomic mass is 35.5. The van der Waals surface area contributed by atoms with Gasteiger partial charge in [-0.1, -0.05) is 35.9 Å². The van der Waals surface area contributed by atoms with Crippen molar-refractivity contribution in [3.63, 3.8) is 0 Å². The fourth-order valence-corrected chi connectivity index (χ4v) is 3.46. The molecule has 2 aromatic rings. The molecule has 0 amide bonds. The number of nitrogens with one attached hydrogen (secondary N) is 2. The molecule has 0 fully saturated rings. The minimum Gasteiger partial charge on any atom is -0.482 e. The lowest BCUT2D eigenvalue weighted by Gasteiger charge is -2.27. The van der Waals surface area contributed by atoms with Gasteiger partial charge in [0.25, 0.3) is 0 Å². The van der Waals surface area contributed by atoms with Crippen molar-refractivity contribution in [3.05, 3.63) is 64.2 Å². The van der Waals surface area contributed by atoms with Crippen LogP contribution in [-0.2, 0) is 11.3 Å². The minimum absolute atomic E-state index is 0.129. The molecule has 0 spiro atoms. The van der Waals surface area contributed by atoms with Crippen molar-refractivity contribution in [1.29, 1.82) is 5.41 Å². The van der Waals surface area contributed by atoms with Crippen LogP contribution >= 0.6 is 11.6 Å². The number of ketones is 1. The molecule has 0 bridgehead atoms. The number of ether oxygens (including phenoxy) is 1. The van der Waals surface area contributed by atoms with Crippen LogP contribution in [0.25, 0.3) is 0 Å². The van der Waals surface area contributed by atoms with E-state index in [1.54, 1.807) is 18.2 Å². The van der Waals surface area contributed by atoms with E-state index in [0.29, 0.717) is 17.1 Å². The smallest absolute Gasteiger partial charge is 0.187 e. The van der Waals surface area contributed by atoms with Gasteiger partial charge >= 0.3 is 0 Å². The molecule has 0 saturated heterocycles. The van der Waals surface area contributed by atoms with Gasteiger partial charge in [0.2, 0.25) is 0 Å². The molecule has 1 aliphatic rings. The summed E-state index contributed by atoms with van der Waals surface area (Å²) in [5, 5.41) is 11.4. The summed E-state index contributed by atoms with van der Waals surface area (Å²) in [6, 6.07) is 12.2. The predicted molar refractivity (Wildman–Crippen MR) is 108 cm³/mol. The number of nitrogens with two attached hydrogens (primary N) is 2. The second-order valence-electron chi connectivity index (χ2n) is 6.56. The summed E-state index contributed by atoms with van der Waals surface area (Å²) in [6.07, 6.45) is 0.367. The summed E-state index contributed by atoms with van der Waals surface area (Å²) in [5.74, 6) is 5.03. The van der Waals surface area contributed by atoms with E-state index in [1.807, 2.05) is 24.3 Å². The van der Waals surface area contributed by atoms with Crippen molar-refractivity contribution in [2.75, 3.05) is 13.2 Å². The minimum atomic E-state index is -0.778. The van der Waals surface area contributed by atoms with E-state index in [4.69, 9.17) is 33.4 Å². The summed E-state index contributed by atoms with van der Waals surface area (Å²) in [4.78, 5) is 17.9. The SMILES string of the molecule is N=C(N)C(CCON)Oc1cc(Cl)ccc1C(=O)C1NCCc2ccccc21. The highest BCUT2D eigenvalue weighted by Crippen LogP contribution is 2.31. The number of carbonyl (C=O) groups excluding carboxylic acids is 1. The molecular formula is C20H23ClN4O3. The number of halogens is 1. The first kappa shape index (κ1) is 20.3. The first-order chi connectivity index (χ1) is 13.5. The number of fused-ring (bicyclic) bond motifs is 1. The lowest BCUT2D eigenvalue weighted by molar-refractivity contribution is 0.0928. The van der Waals surface area contributed by atoms with Crippen molar-refractivity contribution in [2.45, 2.75) is 25.0 Å². The summed E-state index contributed by atoms with van der Waals surface area (Å²) in [5.41, 5.74) is 8.11. The van der Waals surface area contributed by atoms with E-state index >= 15 is 0 Å². The summed E-state index contributed by atoms with van der Waals surface area (Å²) in [6.45, 7) is 0.868. The Morgan fingerprint density at radius 3 is 2.86 bits per heavy atom. The maximum absolute atomic E-state index is 13.3. The van der Waals surface area contributed by atoms with Crippen LogP contribution in [0.5, 0.6) is 5.75 Å². The molecule has 3 rings (SSSR count). The lowest BCUT2D eigenvalue weighted by atomic mass is 9.89. The molecule has 1 heterocycles. The van der Waals surface area contributed by atoms with E-state index in [-0.39, 0.29) is 30.4 Å². The van der Waals surface area contributed by atoms with E-state index < -0.39 is 12.1 Å². The zero-order valence-corrected chi connectivity index (χ0v) is 16.0. The van der Waals surface area contributed by atoms with Gasteiger partial charge in [0.1, 0.15) is 11.6 Å². The Kier molecular flexibility index (Phi) is 6.64. The van der Waals surface area contributed by atoms with Gasteiger partial charge in [-0.2, -0.15) is 0 Å². The molecule has 7 nitrogen and oxygen atoms in total. The number of hydrogen-bond acceptors (Lipinski definition) is 6. The van der Waals surface area contributed by atoms with Gasteiger partial charge in [0, 0.05) is 18.0 Å². The van der Waals surface area contributed by atoms with Crippen LogP contribution in [0, 0.1) is 5.41 Å². The Labute approximate surface area is 168 Å². The fourth-order valence-electron chi connectivity index (χ4n) is 3.30. The molecule has 2 atom stereocenters. The predicted octanol–water partition coefficient (Wildman–Crippen LogP) is 2.37. The molecular weight excluding hydrogens is 380 g/mol. The van der Waals surface area contributed by atoms with Gasteiger partial charge in [-0.3, -0.25) is 10.2 Å². The monoisotopic (exact) mass is 402 g/mol. The Bertz CT molecular complexity index is 874. The molecule has 148 valence electrons. The number of rotatable bonds is 8. The molecule has 0 radical (unpaired) electrons. The van der Waals surface area contributed by atoms with Gasteiger partial charge in [-0.05, 0) is 35.7 Å². The standard InChI is InChI=1S/C20H23ClN4O3/c21-13-5-6-15(17(11-13)28-16(20(22)23)8-10-27-24)19(26)18-14-4-2-1-3-12(14)7-9-25-18/h1-6,11,16,18,25H,7-10,24H2,(H3,22,23). The van der Waals surface area contributed by atoms with Crippen LogP contribution in [0.15, 0.2) is 42.5 Å². The molecule has 2 unspecified atom stereocenters. The molecule has 0 aliphatic carbocycles. The zero-order chi connectivity index (χ0) is 20.1. The average Bonchev–Trinajstić information content (AvgIpc) is 2.70. The third-order valence-electron chi connectivity index (χ3n) is 4.69. The largest absolute Gasteiger partial charge is 0.482 e. The number of carbonyl (C=O) groups is 1. The first-order valence-electron chi connectivity index (χ1n) is 8.98. The van der Waals surface area contributed by atoms with Gasteiger partial charge in [0.15, 0.2) is 11.9 Å². The Morgan fingerprint density at radius 2 is 2.11 bits per heavy atom. The van der Waals surface area contributed by atoms with Crippen molar-refractivity contribution < 1.29 is 14.4 Å². The van der Waals surface area contributed by atoms with Crippen LogP contribution in [0.1, 0.15) is 33.9 Å². The molecule has 1 aliphatic heterocycles. The second-order valence-corrected chi connectivity index (χ2v) is 7.00. The van der Waals surface area contributed by atoms with Crippen LogP contribution in [0.4, 0.5) is 0 Å². The Morgan fingerprint density at radius 1 is 1.32 bits per heavy atom. The molecule has 8 heteroatoms. The van der Waals surface area contributed by atoms with Crippen molar-refractivity contribution in [2.24, 2.45) is 11.6 Å². The average molecular weight is 403 g/mol. The van der Waals surface area contributed by atoms with Gasteiger partial charge in [-0.15, -0.1) is 0 Å². The number of amidine groups is 1. The first-order valence-corrected chi connectivity index (χ1v) is 9.36. The van der Waals surface area contributed by atoms with E-state index in [1.165, 1.54) is 0 Å². The van der Waals surface area contributed by atoms with Crippen molar-refractivity contribution in [3.8, 4) is 5.75 Å². The van der Waals surface area contributed by atoms with Crippen LogP contribution in [0.3, 0.4) is 0 Å². The highest BCUT2D eigenvalue weighted by Gasteiger charge is 2.29. The lowest BCUT2D eigenvalue weighted by Crippen LogP contribution is -2.37. The normalized spacial score (nSPS) is 16.9. The summed E-state index contributed by atoms with van der Waals surface area (Å²) >= 11 is 6.12. The maximum Gasteiger partial charge on any atom is 0.187 e. The molecule has 0 saturated carbocycles. The summed E-state index contributed by atoms with van der Waals surface area (Å²) < 4.78 is 5.87. The van der Waals surface area contributed by atoms with E-state index in [9.17, 15) is 4.79 Å². The maximum atomic E-state index is 13.3. The molecule has 0 aromatic heterocycles. The van der Waals surface area contributed by atoms with E-state index in [0.717, 1.165) is 17.5 Å². The molecule has 2 aromatic carbocycles. The Hall–Kier alpha value is -2.45. The highest BCUT2D eigenvalue weighted by molar-refractivity contribution is 6.31. The van der Waals surface area contributed by atoms with Crippen molar-refractivity contribution >= 4 is 23.2 Å². The number of hydrogen-bond donors (Lipinski definition) is 4. The number of benzene rings is 2. The Balaban J connectivity index is 1.92. The van der Waals surface area contributed by atoms with E-state index in [2.05, 4.69) is 10.2 Å². The third kappa shape index (κ3) is 4.51. The van der Waals surface area contributed by atoms with Gasteiger partial charge in [-0.25, -0.2) is 5.90 Å². The number of Topliss-reactive ketones (excluding diaryl/α,β-unsaturated/α-hetero) is 1. The topological polar surface area (TPSA) is 123 Å². The summed E-state index contributed by atoms with van der Waals surface area (Å²) in [7, 11) is 0. The molecule has 28 heavy (non-hydrogen) atoms. The zero-order valence-electron chi connectivity index (χ0n) is 15.3. The van der Waals surface area contributed by atoms with Crippen LogP contribution < -0.4 is 21.7 Å².